The first kappa shape index (κ1) is 36.1. The predicted octanol–water partition coefficient (Wildman–Crippen LogP) is 6.09. The number of hydrogen-bond donors (Lipinski definition) is 1. The number of amides is 1. The normalized spacial score (nSPS) is 16.8. The maximum absolute atomic E-state index is 12.8. The van der Waals surface area contributed by atoms with Crippen LogP contribution in [0.4, 0.5) is 5.82 Å². The Hall–Kier alpha value is -6.31. The van der Waals surface area contributed by atoms with Crippen molar-refractivity contribution in [2.75, 3.05) is 32.8 Å². The van der Waals surface area contributed by atoms with Crippen LogP contribution in [0.1, 0.15) is 36.3 Å². The summed E-state index contributed by atoms with van der Waals surface area (Å²) in [7, 11) is 3.24. The first-order valence-electron chi connectivity index (χ1n) is 17.3. The average molecular weight is 730 g/mol. The van der Waals surface area contributed by atoms with E-state index in [1.807, 2.05) is 97.1 Å². The van der Waals surface area contributed by atoms with Crippen molar-refractivity contribution in [3.05, 3.63) is 139 Å². The molecule has 13 nitrogen and oxygen atoms in total. The molecule has 0 aliphatic carbocycles. The number of rotatable bonds is 14. The summed E-state index contributed by atoms with van der Waals surface area (Å²) in [5.74, 6) is 1.33. The molecule has 0 spiro atoms. The Morgan fingerprint density at radius 1 is 0.796 bits per heavy atom. The fourth-order valence-electron chi connectivity index (χ4n) is 6.63. The van der Waals surface area contributed by atoms with Gasteiger partial charge >= 0.3 is 5.97 Å². The minimum absolute atomic E-state index is 0.0335. The summed E-state index contributed by atoms with van der Waals surface area (Å²) in [5, 5.41) is 2.76. The lowest BCUT2D eigenvalue weighted by molar-refractivity contribution is -0.153. The zero-order valence-electron chi connectivity index (χ0n) is 30.0. The molecule has 0 unspecified atom stereocenters. The second-order valence-electron chi connectivity index (χ2n) is 12.5. The third-order valence-corrected chi connectivity index (χ3v) is 9.18. The third kappa shape index (κ3) is 7.58. The summed E-state index contributed by atoms with van der Waals surface area (Å²) in [6, 6.07) is 34.4. The Labute approximate surface area is 311 Å². The Bertz CT molecular complexity index is 2130. The molecule has 1 fully saturated rings. The smallest absolute Gasteiger partial charge is 0.302 e. The molecule has 4 aromatic carbocycles. The van der Waals surface area contributed by atoms with E-state index in [2.05, 4.69) is 20.3 Å². The highest BCUT2D eigenvalue weighted by Crippen LogP contribution is 2.43. The van der Waals surface area contributed by atoms with Gasteiger partial charge in [0.1, 0.15) is 47.6 Å². The number of esters is 1. The number of para-hydroxylation sites is 1. The van der Waals surface area contributed by atoms with Gasteiger partial charge < -0.3 is 33.7 Å². The van der Waals surface area contributed by atoms with E-state index in [0.717, 1.165) is 16.7 Å². The molecule has 0 radical (unpaired) electrons. The fourth-order valence-corrected chi connectivity index (χ4v) is 6.63. The summed E-state index contributed by atoms with van der Waals surface area (Å²) in [4.78, 5) is 38.4. The summed E-state index contributed by atoms with van der Waals surface area (Å²) in [5.41, 5.74) is 2.24. The molecular weight excluding hydrogens is 690 g/mol. The van der Waals surface area contributed by atoms with Crippen LogP contribution in [0.3, 0.4) is 0 Å². The van der Waals surface area contributed by atoms with Gasteiger partial charge in [-0.2, -0.15) is 0 Å². The van der Waals surface area contributed by atoms with Crippen molar-refractivity contribution in [2.45, 2.75) is 37.4 Å². The van der Waals surface area contributed by atoms with Gasteiger partial charge in [0, 0.05) is 13.3 Å². The largest absolute Gasteiger partial charge is 0.497 e. The van der Waals surface area contributed by atoms with Gasteiger partial charge in [0.05, 0.1) is 27.2 Å². The molecule has 13 heteroatoms. The highest BCUT2D eigenvalue weighted by Gasteiger charge is 2.44. The molecule has 276 valence electrons. The topological polar surface area (TPSA) is 145 Å². The van der Waals surface area contributed by atoms with E-state index in [4.69, 9.17) is 28.4 Å². The van der Waals surface area contributed by atoms with Gasteiger partial charge in [-0.1, -0.05) is 72.8 Å². The summed E-state index contributed by atoms with van der Waals surface area (Å²) in [6.07, 6.45) is 1.20. The molecule has 0 saturated carbocycles. The number of nitrogens with zero attached hydrogens (tertiary/aromatic N) is 4. The van der Waals surface area contributed by atoms with Crippen LogP contribution in [0.2, 0.25) is 0 Å². The number of hydrogen-bond acceptors (Lipinski definition) is 11. The van der Waals surface area contributed by atoms with Gasteiger partial charge in [0.2, 0.25) is 0 Å². The monoisotopic (exact) mass is 729 g/mol. The van der Waals surface area contributed by atoms with E-state index in [1.165, 1.54) is 13.3 Å². The van der Waals surface area contributed by atoms with E-state index < -0.39 is 35.9 Å². The molecule has 2 aromatic heterocycles. The van der Waals surface area contributed by atoms with Crippen LogP contribution in [0.15, 0.2) is 122 Å². The van der Waals surface area contributed by atoms with Crippen molar-refractivity contribution in [2.24, 2.45) is 0 Å². The quantitative estimate of drug-likeness (QED) is 0.103. The van der Waals surface area contributed by atoms with E-state index in [0.29, 0.717) is 34.8 Å². The number of ether oxygens (including phenoxy) is 6. The number of methoxy groups -OCH3 is 2. The molecule has 54 heavy (non-hydrogen) atoms. The summed E-state index contributed by atoms with van der Waals surface area (Å²) >= 11 is 0. The average Bonchev–Trinajstić information content (AvgIpc) is 3.83. The van der Waals surface area contributed by atoms with Crippen LogP contribution in [0.5, 0.6) is 17.2 Å². The molecular formula is C41H39N5O8. The van der Waals surface area contributed by atoms with Crippen LogP contribution in [-0.2, 0) is 29.4 Å². The molecule has 1 aliphatic heterocycles. The molecule has 1 N–H and O–H groups in total. The molecule has 0 bridgehead atoms. The van der Waals surface area contributed by atoms with Crippen molar-refractivity contribution in [3.63, 3.8) is 0 Å². The third-order valence-electron chi connectivity index (χ3n) is 9.18. The first-order chi connectivity index (χ1) is 26.4. The van der Waals surface area contributed by atoms with Gasteiger partial charge in [0.25, 0.3) is 5.91 Å². The first-order valence-corrected chi connectivity index (χ1v) is 17.3. The van der Waals surface area contributed by atoms with Crippen molar-refractivity contribution < 1.29 is 38.0 Å². The summed E-state index contributed by atoms with van der Waals surface area (Å²) in [6.45, 7) is 1.18. The second-order valence-corrected chi connectivity index (χ2v) is 12.5. The van der Waals surface area contributed by atoms with Crippen molar-refractivity contribution in [3.8, 4) is 17.2 Å². The fraction of sp³-hybridized carbons (Fsp3) is 0.244. The minimum Gasteiger partial charge on any atom is -0.497 e. The van der Waals surface area contributed by atoms with Gasteiger partial charge in [0.15, 0.2) is 23.6 Å². The number of fused-ring (bicyclic) bond motifs is 1. The van der Waals surface area contributed by atoms with Crippen LogP contribution in [0.25, 0.3) is 11.2 Å². The van der Waals surface area contributed by atoms with Gasteiger partial charge in [-0.05, 0) is 53.1 Å². The van der Waals surface area contributed by atoms with Crippen LogP contribution >= 0.6 is 0 Å². The van der Waals surface area contributed by atoms with E-state index in [1.54, 1.807) is 37.2 Å². The Morgan fingerprint density at radius 2 is 1.41 bits per heavy atom. The number of carbonyl (C=O) groups excluding carboxylic acids is 2. The summed E-state index contributed by atoms with van der Waals surface area (Å²) < 4.78 is 37.8. The highest BCUT2D eigenvalue weighted by molar-refractivity contribution is 5.97. The Kier molecular flexibility index (Phi) is 10.8. The molecule has 1 amide bonds. The SMILES string of the molecule is COc1ccc(C(OC[C@H]2O[C@@H](n3cnc4c(NC(=O)COc5ccccc5)ncnc43)C[C@@H]2OC(C)=O)(c2ccccc2)c2ccc(OC)cc2)cc1. The predicted molar refractivity (Wildman–Crippen MR) is 198 cm³/mol. The standard InChI is InChI=1S/C41H39N5O8/c1-27(47)53-34-22-37(46-26-44-38-39(42-25-43-40(38)46)45-36(48)24-51-33-12-8-5-9-13-33)54-35(34)23-52-41(28-10-6-4-7-11-28,29-14-18-31(49-2)19-15-29)30-16-20-32(50-3)21-17-30/h4-21,25-26,34-35,37H,22-24H2,1-3H3,(H,42,43,45,48)/t34-,35+,37+/m0/s1. The van der Waals surface area contributed by atoms with E-state index in [9.17, 15) is 9.59 Å². The van der Waals surface area contributed by atoms with Crippen LogP contribution < -0.4 is 19.5 Å². The van der Waals surface area contributed by atoms with Crippen molar-refractivity contribution in [1.29, 1.82) is 0 Å². The van der Waals surface area contributed by atoms with Gasteiger partial charge in [-0.3, -0.25) is 14.2 Å². The Balaban J connectivity index is 1.18. The van der Waals surface area contributed by atoms with Crippen molar-refractivity contribution in [1.82, 2.24) is 19.5 Å². The number of anilines is 1. The second kappa shape index (κ2) is 16.1. The maximum atomic E-state index is 12.8. The van der Waals surface area contributed by atoms with E-state index >= 15 is 0 Å². The Morgan fingerprint density at radius 3 is 2.02 bits per heavy atom. The molecule has 3 atom stereocenters. The van der Waals surface area contributed by atoms with Gasteiger partial charge in [-0.15, -0.1) is 0 Å². The number of imidazole rings is 1. The minimum atomic E-state index is -1.12. The number of carbonyl (C=O) groups is 2. The molecule has 1 saturated heterocycles. The number of nitrogens with one attached hydrogen (secondary N) is 1. The van der Waals surface area contributed by atoms with Gasteiger partial charge in [-0.25, -0.2) is 15.0 Å². The van der Waals surface area contributed by atoms with Crippen LogP contribution in [-0.4, -0.2) is 71.0 Å². The lowest BCUT2D eigenvalue weighted by Crippen LogP contribution is -2.39. The zero-order valence-corrected chi connectivity index (χ0v) is 30.0. The number of benzene rings is 4. The number of aromatic nitrogens is 4. The van der Waals surface area contributed by atoms with Crippen molar-refractivity contribution >= 4 is 28.9 Å². The highest BCUT2D eigenvalue weighted by atomic mass is 16.6. The van der Waals surface area contributed by atoms with Crippen LogP contribution in [0, 0.1) is 0 Å². The lowest BCUT2D eigenvalue weighted by atomic mass is 9.80. The maximum Gasteiger partial charge on any atom is 0.302 e. The molecule has 3 heterocycles. The molecule has 6 aromatic rings. The van der Waals surface area contributed by atoms with E-state index in [-0.39, 0.29) is 19.0 Å². The zero-order chi connectivity index (χ0) is 37.5. The molecule has 7 rings (SSSR count). The molecule has 1 aliphatic rings. The lowest BCUT2D eigenvalue weighted by Gasteiger charge is -2.37.